The van der Waals surface area contributed by atoms with Crippen molar-refractivity contribution in [3.8, 4) is 5.75 Å². The van der Waals surface area contributed by atoms with Crippen molar-refractivity contribution < 1.29 is 46.2 Å². The molecule has 15 heavy (non-hydrogen) atoms. The molecule has 0 heterocycles. The molecule has 80 valence electrons. The van der Waals surface area contributed by atoms with Crippen LogP contribution >= 0.6 is 0 Å². The van der Waals surface area contributed by atoms with Gasteiger partial charge < -0.3 is 11.7 Å². The molecule has 0 aliphatic heterocycles. The SMILES string of the molecule is [CH2-]COc1c(F)c(F)c(F)c(F)c1F.[Zn]. The van der Waals surface area contributed by atoms with Gasteiger partial charge in [0, 0.05) is 19.5 Å². The molecule has 1 aromatic rings. The topological polar surface area (TPSA) is 9.23 Å². The average molecular weight is 276 g/mol. The fourth-order valence-electron chi connectivity index (χ4n) is 0.814. The maximum absolute atomic E-state index is 12.7. The van der Waals surface area contributed by atoms with Crippen LogP contribution in [0.5, 0.6) is 5.75 Å². The Balaban J connectivity index is 0.00000196. The normalized spacial score (nSPS) is 9.73. The second-order valence-electron chi connectivity index (χ2n) is 2.25. The van der Waals surface area contributed by atoms with Crippen molar-refractivity contribution in [3.05, 3.63) is 36.0 Å². The quantitative estimate of drug-likeness (QED) is 0.265. The van der Waals surface area contributed by atoms with E-state index in [0.717, 1.165) is 0 Å². The first kappa shape index (κ1) is 14.3. The van der Waals surface area contributed by atoms with E-state index in [-0.39, 0.29) is 19.5 Å². The van der Waals surface area contributed by atoms with E-state index in [1.165, 1.54) is 0 Å². The van der Waals surface area contributed by atoms with Crippen molar-refractivity contribution in [2.75, 3.05) is 6.61 Å². The molecule has 1 rings (SSSR count). The summed E-state index contributed by atoms with van der Waals surface area (Å²) in [6.45, 7) is 2.60. The second-order valence-corrected chi connectivity index (χ2v) is 2.25. The zero-order chi connectivity index (χ0) is 10.9. The number of benzene rings is 1. The van der Waals surface area contributed by atoms with E-state index in [1.54, 1.807) is 0 Å². The molecule has 0 saturated heterocycles. The second kappa shape index (κ2) is 5.40. The summed E-state index contributed by atoms with van der Waals surface area (Å²) < 4.78 is 67.0. The van der Waals surface area contributed by atoms with E-state index in [9.17, 15) is 22.0 Å². The summed E-state index contributed by atoms with van der Waals surface area (Å²) in [4.78, 5) is 0. The Morgan fingerprint density at radius 1 is 0.800 bits per heavy atom. The minimum atomic E-state index is -2.21. The molecular weight excluding hydrogens is 272 g/mol. The van der Waals surface area contributed by atoms with Gasteiger partial charge >= 0.3 is 0 Å². The third-order valence-corrected chi connectivity index (χ3v) is 1.42. The van der Waals surface area contributed by atoms with E-state index in [4.69, 9.17) is 0 Å². The molecule has 7 heteroatoms. The van der Waals surface area contributed by atoms with Crippen LogP contribution in [0, 0.1) is 36.0 Å². The van der Waals surface area contributed by atoms with E-state index >= 15 is 0 Å². The molecule has 0 aromatic heterocycles. The van der Waals surface area contributed by atoms with Gasteiger partial charge in [-0.2, -0.15) is 8.78 Å². The molecule has 0 saturated carbocycles. The van der Waals surface area contributed by atoms with Crippen LogP contribution in [0.3, 0.4) is 0 Å². The van der Waals surface area contributed by atoms with Gasteiger partial charge in [-0.05, 0) is 6.61 Å². The summed E-state index contributed by atoms with van der Waals surface area (Å²) >= 11 is 0. The maximum Gasteiger partial charge on any atom is 0.206 e. The van der Waals surface area contributed by atoms with E-state index in [2.05, 4.69) is 11.7 Å². The molecule has 0 atom stereocenters. The zero-order valence-corrected chi connectivity index (χ0v) is 10.4. The molecule has 0 radical (unpaired) electrons. The van der Waals surface area contributed by atoms with Crippen LogP contribution in [-0.2, 0) is 19.5 Å². The summed E-state index contributed by atoms with van der Waals surface area (Å²) in [6, 6.07) is 0. The smallest absolute Gasteiger partial charge is 0.206 e. The van der Waals surface area contributed by atoms with Crippen LogP contribution in [0.2, 0.25) is 0 Å². The van der Waals surface area contributed by atoms with E-state index in [0.29, 0.717) is 0 Å². The van der Waals surface area contributed by atoms with Crippen LogP contribution in [0.15, 0.2) is 0 Å². The fraction of sp³-hybridized carbons (Fsp3) is 0.125. The predicted octanol–water partition coefficient (Wildman–Crippen LogP) is 2.59. The van der Waals surface area contributed by atoms with Crippen LogP contribution < -0.4 is 4.74 Å². The van der Waals surface area contributed by atoms with Gasteiger partial charge in [0.05, 0.1) is 0 Å². The minimum Gasteiger partial charge on any atom is -0.520 e. The Morgan fingerprint density at radius 3 is 1.47 bits per heavy atom. The monoisotopic (exact) mass is 275 g/mol. The average Bonchev–Trinajstić information content (AvgIpc) is 2.19. The zero-order valence-electron chi connectivity index (χ0n) is 7.42. The number of halogens is 5. The molecule has 0 N–H and O–H groups in total. The van der Waals surface area contributed by atoms with Gasteiger partial charge in [-0.1, -0.05) is 0 Å². The minimum absolute atomic E-state index is 0. The summed E-state index contributed by atoms with van der Waals surface area (Å²) in [7, 11) is 0. The van der Waals surface area contributed by atoms with Gasteiger partial charge in [-0.25, -0.2) is 13.2 Å². The van der Waals surface area contributed by atoms with Crippen molar-refractivity contribution in [2.45, 2.75) is 0 Å². The number of ether oxygens (including phenoxy) is 1. The Bertz CT molecular complexity index is 340. The summed E-state index contributed by atoms with van der Waals surface area (Å²) in [6.07, 6.45) is 0. The molecular formula is C8H4F5OZn-. The summed E-state index contributed by atoms with van der Waals surface area (Å²) in [5, 5.41) is 0. The molecule has 0 aliphatic rings. The van der Waals surface area contributed by atoms with Crippen molar-refractivity contribution in [1.82, 2.24) is 0 Å². The molecule has 0 spiro atoms. The Labute approximate surface area is 95.0 Å². The Kier molecular flexibility index (Phi) is 5.14. The third-order valence-electron chi connectivity index (χ3n) is 1.42. The van der Waals surface area contributed by atoms with Gasteiger partial charge in [0.1, 0.15) is 0 Å². The van der Waals surface area contributed by atoms with Gasteiger partial charge in [-0.15, -0.1) is 0 Å². The van der Waals surface area contributed by atoms with Crippen LogP contribution in [-0.4, -0.2) is 6.61 Å². The first-order valence-electron chi connectivity index (χ1n) is 3.44. The van der Waals surface area contributed by atoms with Gasteiger partial charge in [0.2, 0.25) is 29.1 Å². The molecule has 1 aromatic carbocycles. The number of hydrogen-bond donors (Lipinski definition) is 0. The Morgan fingerprint density at radius 2 is 1.13 bits per heavy atom. The Hall–Kier alpha value is -0.707. The van der Waals surface area contributed by atoms with Crippen LogP contribution in [0.4, 0.5) is 22.0 Å². The maximum atomic E-state index is 12.7. The first-order valence-corrected chi connectivity index (χ1v) is 3.44. The van der Waals surface area contributed by atoms with Crippen LogP contribution in [0.1, 0.15) is 0 Å². The fourth-order valence-corrected chi connectivity index (χ4v) is 0.814. The summed E-state index contributed by atoms with van der Waals surface area (Å²) in [5.74, 6) is -11.6. The standard InChI is InChI=1S/C8H4F5O.Zn/c1-2-14-8-6(12)4(10)3(9)5(11)7(8)13;/h1-2H2;/q-1;. The largest absolute Gasteiger partial charge is 0.520 e. The van der Waals surface area contributed by atoms with Crippen molar-refractivity contribution in [2.24, 2.45) is 0 Å². The van der Waals surface area contributed by atoms with Gasteiger partial charge in [-0.3, -0.25) is 0 Å². The molecule has 0 unspecified atom stereocenters. The molecule has 0 amide bonds. The molecule has 0 bridgehead atoms. The number of rotatable bonds is 2. The van der Waals surface area contributed by atoms with E-state index < -0.39 is 41.4 Å². The predicted molar refractivity (Wildman–Crippen MR) is 37.1 cm³/mol. The number of hydrogen-bond acceptors (Lipinski definition) is 1. The molecule has 0 aliphatic carbocycles. The van der Waals surface area contributed by atoms with Crippen molar-refractivity contribution in [1.29, 1.82) is 0 Å². The molecule has 0 fully saturated rings. The third kappa shape index (κ3) is 2.45. The first-order chi connectivity index (χ1) is 6.50. The summed E-state index contributed by atoms with van der Waals surface area (Å²) in [5.41, 5.74) is 0. The van der Waals surface area contributed by atoms with Gasteiger partial charge in [0.25, 0.3) is 0 Å². The molecule has 1 nitrogen and oxygen atoms in total. The van der Waals surface area contributed by atoms with Crippen molar-refractivity contribution >= 4 is 0 Å². The van der Waals surface area contributed by atoms with Crippen molar-refractivity contribution in [3.63, 3.8) is 0 Å². The van der Waals surface area contributed by atoms with Gasteiger partial charge in [0.15, 0.2) is 5.75 Å². The van der Waals surface area contributed by atoms with Crippen LogP contribution in [0.25, 0.3) is 0 Å². The van der Waals surface area contributed by atoms with E-state index in [1.807, 2.05) is 0 Å².